The quantitative estimate of drug-likeness (QED) is 0.250. The van der Waals surface area contributed by atoms with E-state index in [0.29, 0.717) is 5.92 Å². The molecule has 0 spiro atoms. The van der Waals surface area contributed by atoms with Crippen molar-refractivity contribution < 1.29 is 0 Å². The van der Waals surface area contributed by atoms with Crippen LogP contribution < -0.4 is 5.22 Å². The SMILES string of the molecule is C1=Cc2cccc3c2C(C1)C3=Cc1ccc(-c2ccc(C=c3c4cccc5cccc3c54)cc2)cc1. The average molecular weight is 457 g/mol. The fourth-order valence-electron chi connectivity index (χ4n) is 6.31. The highest BCUT2D eigenvalue weighted by atomic mass is 14.4. The Balaban J connectivity index is 1.07. The largest absolute Gasteiger partial charge is 0.0830 e. The third kappa shape index (κ3) is 2.88. The van der Waals surface area contributed by atoms with E-state index in [0.717, 1.165) is 6.42 Å². The van der Waals surface area contributed by atoms with Crippen LogP contribution in [0.1, 0.15) is 40.2 Å². The maximum Gasteiger partial charge on any atom is 0.0142 e. The van der Waals surface area contributed by atoms with Gasteiger partial charge in [0.05, 0.1) is 0 Å². The van der Waals surface area contributed by atoms with Gasteiger partial charge in [-0.2, -0.15) is 0 Å². The molecule has 2 aliphatic carbocycles. The summed E-state index contributed by atoms with van der Waals surface area (Å²) in [6, 6.07) is 37.8. The van der Waals surface area contributed by atoms with Gasteiger partial charge in [-0.1, -0.05) is 121 Å². The van der Waals surface area contributed by atoms with Crippen LogP contribution in [0.5, 0.6) is 0 Å². The molecule has 0 N–H and O–H groups in total. The minimum absolute atomic E-state index is 0.567. The summed E-state index contributed by atoms with van der Waals surface area (Å²) >= 11 is 0. The zero-order chi connectivity index (χ0) is 23.6. The minimum atomic E-state index is 0.567. The maximum absolute atomic E-state index is 2.38. The lowest BCUT2D eigenvalue weighted by atomic mass is 9.66. The van der Waals surface area contributed by atoms with E-state index in [4.69, 9.17) is 0 Å². The first kappa shape index (κ1) is 19.8. The van der Waals surface area contributed by atoms with Crippen molar-refractivity contribution in [2.45, 2.75) is 12.3 Å². The summed E-state index contributed by atoms with van der Waals surface area (Å²) in [6.45, 7) is 0. The van der Waals surface area contributed by atoms with E-state index in [9.17, 15) is 0 Å². The molecule has 0 fully saturated rings. The van der Waals surface area contributed by atoms with Crippen molar-refractivity contribution in [2.75, 3.05) is 0 Å². The van der Waals surface area contributed by atoms with Crippen molar-refractivity contribution in [3.05, 3.63) is 142 Å². The average Bonchev–Trinajstić information content (AvgIpc) is 2.94. The van der Waals surface area contributed by atoms with E-state index in [1.807, 2.05) is 0 Å². The van der Waals surface area contributed by atoms with Gasteiger partial charge in [0.15, 0.2) is 0 Å². The molecule has 1 atom stereocenters. The predicted octanol–water partition coefficient (Wildman–Crippen LogP) is 8.70. The first-order valence-electron chi connectivity index (χ1n) is 12.8. The molecular weight excluding hydrogens is 432 g/mol. The highest BCUT2D eigenvalue weighted by molar-refractivity contribution is 6.17. The van der Waals surface area contributed by atoms with Gasteiger partial charge in [-0.3, -0.25) is 0 Å². The van der Waals surface area contributed by atoms with Crippen molar-refractivity contribution in [3.63, 3.8) is 0 Å². The van der Waals surface area contributed by atoms with Crippen LogP contribution >= 0.6 is 0 Å². The Morgan fingerprint density at radius 3 is 1.94 bits per heavy atom. The monoisotopic (exact) mass is 456 g/mol. The van der Waals surface area contributed by atoms with E-state index in [-0.39, 0.29) is 0 Å². The molecule has 0 radical (unpaired) electrons. The molecule has 0 aliphatic heterocycles. The molecule has 0 bridgehead atoms. The lowest BCUT2D eigenvalue weighted by molar-refractivity contribution is 0.820. The summed E-state index contributed by atoms with van der Waals surface area (Å²) in [5.41, 5.74) is 10.9. The zero-order valence-corrected chi connectivity index (χ0v) is 19.9. The summed E-state index contributed by atoms with van der Waals surface area (Å²) in [6.07, 6.45) is 10.4. The molecule has 0 aromatic heterocycles. The molecule has 0 amide bonds. The van der Waals surface area contributed by atoms with Gasteiger partial charge >= 0.3 is 0 Å². The fourth-order valence-corrected chi connectivity index (χ4v) is 6.31. The van der Waals surface area contributed by atoms with Crippen molar-refractivity contribution >= 4 is 45.3 Å². The Kier molecular flexibility index (Phi) is 4.15. The first-order valence-corrected chi connectivity index (χ1v) is 12.8. The summed E-state index contributed by atoms with van der Waals surface area (Å²) < 4.78 is 0. The van der Waals surface area contributed by atoms with Gasteiger partial charge < -0.3 is 0 Å². The minimum Gasteiger partial charge on any atom is -0.0830 e. The molecule has 0 nitrogen and oxygen atoms in total. The van der Waals surface area contributed by atoms with Gasteiger partial charge in [0, 0.05) is 5.92 Å². The fraction of sp³-hybridized carbons (Fsp3) is 0.0556. The predicted molar refractivity (Wildman–Crippen MR) is 154 cm³/mol. The second-order valence-electron chi connectivity index (χ2n) is 10.1. The highest BCUT2D eigenvalue weighted by Crippen LogP contribution is 2.52. The van der Waals surface area contributed by atoms with Crippen molar-refractivity contribution in [2.24, 2.45) is 0 Å². The van der Waals surface area contributed by atoms with Gasteiger partial charge in [0.2, 0.25) is 0 Å². The van der Waals surface area contributed by atoms with Crippen molar-refractivity contribution in [3.8, 4) is 11.1 Å². The molecule has 0 heterocycles. The summed E-state index contributed by atoms with van der Waals surface area (Å²) in [7, 11) is 0. The second-order valence-corrected chi connectivity index (χ2v) is 10.1. The van der Waals surface area contributed by atoms with Gasteiger partial charge in [-0.15, -0.1) is 0 Å². The molecule has 36 heavy (non-hydrogen) atoms. The first-order chi connectivity index (χ1) is 17.8. The molecule has 6 aromatic carbocycles. The number of hydrogen-bond donors (Lipinski definition) is 0. The number of rotatable bonds is 3. The van der Waals surface area contributed by atoms with E-state index < -0.39 is 0 Å². The second kappa shape index (κ2) is 7.54. The van der Waals surface area contributed by atoms with Gasteiger partial charge in [-0.05, 0) is 83.8 Å². The normalized spacial score (nSPS) is 17.0. The van der Waals surface area contributed by atoms with Crippen LogP contribution in [0.2, 0.25) is 0 Å². The number of hydrogen-bond acceptors (Lipinski definition) is 0. The van der Waals surface area contributed by atoms with Crippen LogP contribution in [0.15, 0.2) is 109 Å². The molecule has 0 heteroatoms. The third-order valence-electron chi connectivity index (χ3n) is 8.12. The Bertz CT molecular complexity index is 1830. The van der Waals surface area contributed by atoms with Crippen molar-refractivity contribution in [1.29, 1.82) is 0 Å². The molecule has 0 saturated carbocycles. The lowest BCUT2D eigenvalue weighted by Gasteiger charge is -2.37. The highest BCUT2D eigenvalue weighted by Gasteiger charge is 2.34. The van der Waals surface area contributed by atoms with Crippen LogP contribution in [0, 0.1) is 0 Å². The van der Waals surface area contributed by atoms with Gasteiger partial charge in [0.25, 0.3) is 0 Å². The van der Waals surface area contributed by atoms with Crippen LogP contribution in [0.4, 0.5) is 0 Å². The van der Waals surface area contributed by atoms with Gasteiger partial charge in [0.1, 0.15) is 0 Å². The third-order valence-corrected chi connectivity index (χ3v) is 8.12. The molecule has 8 rings (SSSR count). The van der Waals surface area contributed by atoms with E-state index in [1.165, 1.54) is 65.7 Å². The molecular formula is C36H24. The molecule has 168 valence electrons. The smallest absolute Gasteiger partial charge is 0.0142 e. The topological polar surface area (TPSA) is 0 Å². The Hall–Kier alpha value is -4.42. The number of benzene rings is 5. The van der Waals surface area contributed by atoms with Crippen molar-refractivity contribution in [1.82, 2.24) is 0 Å². The Labute approximate surface area is 210 Å². The summed E-state index contributed by atoms with van der Waals surface area (Å²) in [5.74, 6) is 0.567. The zero-order valence-electron chi connectivity index (χ0n) is 19.9. The Morgan fingerprint density at radius 1 is 0.611 bits per heavy atom. The van der Waals surface area contributed by atoms with E-state index >= 15 is 0 Å². The molecule has 0 saturated heterocycles. The van der Waals surface area contributed by atoms with Crippen LogP contribution in [-0.2, 0) is 0 Å². The van der Waals surface area contributed by atoms with Crippen LogP contribution in [0.25, 0.3) is 56.5 Å². The summed E-state index contributed by atoms with van der Waals surface area (Å²) in [4.78, 5) is 0. The van der Waals surface area contributed by atoms with E-state index in [2.05, 4.69) is 127 Å². The number of allylic oxidation sites excluding steroid dienone is 2. The van der Waals surface area contributed by atoms with E-state index in [1.54, 1.807) is 5.56 Å². The lowest BCUT2D eigenvalue weighted by Crippen LogP contribution is -2.19. The van der Waals surface area contributed by atoms with Crippen LogP contribution in [0.3, 0.4) is 0 Å². The maximum atomic E-state index is 2.38. The standard InChI is InChI=1S/C36H24/c1-5-27-6-2-10-30-33(29(9-1)35(27)30)21-23-13-17-25(18-14-23)26-19-15-24(16-20-26)22-34-31-11-3-7-28-8-4-12-32(34)36(28)31/h1-11,13-22,32H,12H2. The summed E-state index contributed by atoms with van der Waals surface area (Å²) in [5, 5.41) is 6.82. The molecule has 6 aromatic rings. The van der Waals surface area contributed by atoms with Gasteiger partial charge in [-0.25, -0.2) is 0 Å². The Morgan fingerprint density at radius 2 is 1.25 bits per heavy atom. The molecule has 2 aliphatic rings. The molecule has 1 unspecified atom stereocenters. The van der Waals surface area contributed by atoms with Crippen LogP contribution in [-0.4, -0.2) is 0 Å².